The van der Waals surface area contributed by atoms with Gasteiger partial charge in [0.25, 0.3) is 0 Å². The Kier molecular flexibility index (Phi) is 37.3. The van der Waals surface area contributed by atoms with Crippen molar-refractivity contribution in [1.82, 2.24) is 0 Å². The number of rotatable bonds is 40. The molecule has 10 atom stereocenters. The van der Waals surface area contributed by atoms with Crippen LogP contribution in [0.25, 0.3) is 0 Å². The van der Waals surface area contributed by atoms with Gasteiger partial charge in [-0.15, -0.1) is 0 Å². The molecule has 0 radical (unpaired) electrons. The van der Waals surface area contributed by atoms with Gasteiger partial charge in [0.2, 0.25) is 0 Å². The minimum Gasteiger partial charge on any atom is -0.462 e. The molecule has 0 heterocycles. The smallest absolute Gasteiger partial charge is 0.462 e. The Hall–Kier alpha value is -3.16. The van der Waals surface area contributed by atoms with E-state index in [1.807, 2.05) is 37.3 Å². The van der Waals surface area contributed by atoms with Gasteiger partial charge in [0.1, 0.15) is 43.2 Å². The average Bonchev–Trinajstić information content (AvgIpc) is 3.32. The van der Waals surface area contributed by atoms with Crippen molar-refractivity contribution in [3.63, 3.8) is 0 Å². The number of aliphatic hydroxyl groups excluding tert-OH is 6. The molecule has 1 rings (SSSR count). The van der Waals surface area contributed by atoms with Crippen LogP contribution in [0.1, 0.15) is 142 Å². The largest absolute Gasteiger partial charge is 0.472 e. The Balaban J connectivity index is 2.68. The molecule has 71 heavy (non-hydrogen) atoms. The molecule has 406 valence electrons. The monoisotopic (exact) mass is 1050 g/mol. The van der Waals surface area contributed by atoms with Crippen molar-refractivity contribution in [2.75, 3.05) is 13.2 Å². The normalized spacial score (nSPS) is 22.6. The highest BCUT2D eigenvalue weighted by Crippen LogP contribution is 2.49. The number of allylic oxidation sites excluding steroid dienone is 12. The van der Waals surface area contributed by atoms with Crippen LogP contribution in [0.3, 0.4) is 0 Å². The molecule has 1 saturated carbocycles. The number of phosphoric ester groups is 2. The van der Waals surface area contributed by atoms with Crippen LogP contribution in [0, 0.1) is 0 Å². The lowest BCUT2D eigenvalue weighted by atomic mass is 9.85. The van der Waals surface area contributed by atoms with E-state index in [0.29, 0.717) is 25.7 Å². The van der Waals surface area contributed by atoms with E-state index in [-0.39, 0.29) is 19.3 Å². The van der Waals surface area contributed by atoms with Gasteiger partial charge >= 0.3 is 27.6 Å². The molecule has 0 aliphatic heterocycles. The molecule has 0 aromatic heterocycles. The molecule has 0 spiro atoms. The van der Waals surface area contributed by atoms with E-state index in [1.165, 1.54) is 25.3 Å². The number of unbranched alkanes of at least 4 members (excludes halogenated alkanes) is 11. The molecule has 0 aromatic carbocycles. The third-order valence-corrected chi connectivity index (χ3v) is 12.3. The number of hydrogen-bond acceptors (Lipinski definition) is 15. The zero-order valence-corrected chi connectivity index (χ0v) is 43.4. The number of ether oxygens (including phenoxy) is 2. The average molecular weight is 1050 g/mol. The Morgan fingerprint density at radius 2 is 1.11 bits per heavy atom. The number of hydrogen-bond donors (Lipinski definition) is 9. The summed E-state index contributed by atoms with van der Waals surface area (Å²) in [5.74, 6) is -1.41. The fourth-order valence-corrected chi connectivity index (χ4v) is 8.45. The first-order chi connectivity index (χ1) is 33.9. The molecule has 9 N–H and O–H groups in total. The van der Waals surface area contributed by atoms with Crippen LogP contribution >= 0.6 is 15.6 Å². The third-order valence-electron chi connectivity index (χ3n) is 10.8. The first-order valence-electron chi connectivity index (χ1n) is 25.0. The van der Waals surface area contributed by atoms with Gasteiger partial charge in [-0.05, 0) is 70.6 Å². The SMILES string of the molecule is CC/C=C\C[C@H](O)/C=C/C=C\C/C=C\C=C\[C@H](O)/C=C\CCCC(=O)O[C@H](COC(=O)CCCCCCCCC/C=C\C/C=C\CCCCC)COP(=O)(O)O[C@H]1C(O)C(O)C(O)[C@@H](OP(=O)(O)O)C1O. The summed E-state index contributed by atoms with van der Waals surface area (Å²) < 4.78 is 49.3. The van der Waals surface area contributed by atoms with E-state index < -0.39 is 95.7 Å². The Morgan fingerprint density at radius 1 is 0.549 bits per heavy atom. The van der Waals surface area contributed by atoms with Crippen LogP contribution in [-0.2, 0) is 41.8 Å². The van der Waals surface area contributed by atoms with Crippen molar-refractivity contribution < 1.29 is 87.1 Å². The Bertz CT molecular complexity index is 1770. The van der Waals surface area contributed by atoms with Crippen LogP contribution in [0.5, 0.6) is 0 Å². The second-order valence-electron chi connectivity index (χ2n) is 17.2. The molecule has 0 saturated heterocycles. The number of carbonyl (C=O) groups excluding carboxylic acids is 2. The minimum absolute atomic E-state index is 0.0630. The summed E-state index contributed by atoms with van der Waals surface area (Å²) in [6.07, 6.45) is 29.8. The summed E-state index contributed by atoms with van der Waals surface area (Å²) in [6, 6.07) is 0. The highest BCUT2D eigenvalue weighted by atomic mass is 31.2. The van der Waals surface area contributed by atoms with Crippen molar-refractivity contribution >= 4 is 27.6 Å². The summed E-state index contributed by atoms with van der Waals surface area (Å²) in [6.45, 7) is 2.73. The number of carbonyl (C=O) groups is 2. The van der Waals surface area contributed by atoms with Crippen molar-refractivity contribution in [2.45, 2.75) is 197 Å². The molecular formula is C51H84O18P2. The van der Waals surface area contributed by atoms with Crippen molar-refractivity contribution in [3.8, 4) is 0 Å². The van der Waals surface area contributed by atoms with Gasteiger partial charge in [-0.1, -0.05) is 156 Å². The molecular weight excluding hydrogens is 962 g/mol. The third kappa shape index (κ3) is 34.8. The summed E-state index contributed by atoms with van der Waals surface area (Å²) >= 11 is 0. The van der Waals surface area contributed by atoms with E-state index in [9.17, 15) is 64.0 Å². The Labute approximate surface area is 421 Å². The van der Waals surface area contributed by atoms with Crippen LogP contribution < -0.4 is 0 Å². The maximum absolute atomic E-state index is 13.0. The van der Waals surface area contributed by atoms with Gasteiger partial charge < -0.3 is 54.8 Å². The molecule has 0 bridgehead atoms. The van der Waals surface area contributed by atoms with Gasteiger partial charge in [0.05, 0.1) is 18.8 Å². The van der Waals surface area contributed by atoms with E-state index in [2.05, 4.69) is 35.8 Å². The number of esters is 2. The fraction of sp³-hybridized carbons (Fsp3) is 0.647. The predicted octanol–water partition coefficient (Wildman–Crippen LogP) is 7.89. The zero-order chi connectivity index (χ0) is 52.8. The second-order valence-corrected chi connectivity index (χ2v) is 19.8. The van der Waals surface area contributed by atoms with Crippen LogP contribution in [0.4, 0.5) is 0 Å². The number of phosphoric acid groups is 2. The first-order valence-corrected chi connectivity index (χ1v) is 28.0. The summed E-state index contributed by atoms with van der Waals surface area (Å²) in [4.78, 5) is 54.4. The van der Waals surface area contributed by atoms with E-state index in [0.717, 1.165) is 64.2 Å². The lowest BCUT2D eigenvalue weighted by Gasteiger charge is -2.43. The van der Waals surface area contributed by atoms with Crippen LogP contribution in [0.15, 0.2) is 97.2 Å². The van der Waals surface area contributed by atoms with Crippen molar-refractivity contribution in [2.24, 2.45) is 0 Å². The van der Waals surface area contributed by atoms with Gasteiger partial charge in [0, 0.05) is 12.8 Å². The fourth-order valence-electron chi connectivity index (χ4n) is 6.91. The summed E-state index contributed by atoms with van der Waals surface area (Å²) in [5, 5.41) is 61.4. The second kappa shape index (κ2) is 40.3. The summed E-state index contributed by atoms with van der Waals surface area (Å²) in [7, 11) is -10.8. The lowest BCUT2D eigenvalue weighted by molar-refractivity contribution is -0.216. The zero-order valence-electron chi connectivity index (χ0n) is 41.6. The van der Waals surface area contributed by atoms with Crippen LogP contribution in [-0.4, -0.2) is 125 Å². The molecule has 1 aliphatic rings. The van der Waals surface area contributed by atoms with E-state index in [1.54, 1.807) is 36.5 Å². The van der Waals surface area contributed by atoms with E-state index >= 15 is 0 Å². The molecule has 1 aliphatic carbocycles. The molecule has 20 heteroatoms. The van der Waals surface area contributed by atoms with Gasteiger partial charge in [-0.25, -0.2) is 9.13 Å². The molecule has 1 fully saturated rings. The lowest BCUT2D eigenvalue weighted by Crippen LogP contribution is -2.64. The van der Waals surface area contributed by atoms with Gasteiger partial charge in [0.15, 0.2) is 6.10 Å². The maximum atomic E-state index is 13.0. The number of aliphatic hydroxyl groups is 6. The van der Waals surface area contributed by atoms with Gasteiger partial charge in [-0.3, -0.25) is 23.2 Å². The van der Waals surface area contributed by atoms with Crippen molar-refractivity contribution in [3.05, 3.63) is 97.2 Å². The minimum atomic E-state index is -5.40. The van der Waals surface area contributed by atoms with Crippen LogP contribution in [0.2, 0.25) is 0 Å². The van der Waals surface area contributed by atoms with E-state index in [4.69, 9.17) is 18.5 Å². The standard InChI is InChI=1S/C51H84O18P2/c1-3-5-7-8-9-10-11-12-13-14-15-16-17-18-22-25-31-37-44(54)65-39-43(40-66-71(63,64)69-51-48(58)46(56)47(57)50(49(51)59)68-70(60,61)62)67-45(55)38-32-26-30-36-42(53)35-29-24-21-19-20-23-28-34-41(52)33-27-6-4-2/h6,9-10,12-13,20-21,23-24,27-30,34-36,41-43,46-53,56-59H,3-5,7-8,11,14-19,22,25-26,31-33,37-40H2,1-2H3,(H,63,64)(H2,60,61,62)/b10-9-,13-12-,23-20-,24-21-,27-6-,34-28+,35-29+,36-30-/t41-,42-,43+,46?,47?,48?,49?,50+,51-/m0/s1. The first kappa shape index (κ1) is 65.9. The maximum Gasteiger partial charge on any atom is 0.472 e. The molecule has 18 nitrogen and oxygen atoms in total. The van der Waals surface area contributed by atoms with Gasteiger partial charge in [-0.2, -0.15) is 0 Å². The topological polar surface area (TPSA) is 296 Å². The molecule has 0 amide bonds. The molecule has 0 aromatic rings. The van der Waals surface area contributed by atoms with Crippen molar-refractivity contribution in [1.29, 1.82) is 0 Å². The quantitative estimate of drug-likeness (QED) is 0.00926. The highest BCUT2D eigenvalue weighted by Gasteiger charge is 2.54. The highest BCUT2D eigenvalue weighted by molar-refractivity contribution is 7.47. The Morgan fingerprint density at radius 3 is 1.75 bits per heavy atom. The molecule has 5 unspecified atom stereocenters. The summed E-state index contributed by atoms with van der Waals surface area (Å²) in [5.41, 5.74) is 0. The predicted molar refractivity (Wildman–Crippen MR) is 271 cm³/mol.